The van der Waals surface area contributed by atoms with Crippen molar-refractivity contribution in [3.63, 3.8) is 0 Å². The number of nitrogens with zero attached hydrogens (tertiary/aromatic N) is 3. The van der Waals surface area contributed by atoms with E-state index in [0.29, 0.717) is 26.1 Å². The monoisotopic (exact) mass is 583 g/mol. The molecule has 1 saturated heterocycles. The highest BCUT2D eigenvalue weighted by Crippen LogP contribution is 2.30. The molecule has 0 bridgehead atoms. The molecular weight excluding hydrogens is 534 g/mol. The molecule has 1 aliphatic heterocycles. The average Bonchev–Trinajstić information content (AvgIpc) is 3.44. The molecule has 1 heterocycles. The van der Waals surface area contributed by atoms with Crippen LogP contribution in [0, 0.1) is 18.1 Å². The highest BCUT2D eigenvalue weighted by molar-refractivity contribution is 5.91. The maximum Gasteiger partial charge on any atom is 0.410 e. The van der Waals surface area contributed by atoms with E-state index in [1.54, 1.807) is 38.7 Å². The topological polar surface area (TPSA) is 125 Å². The first kappa shape index (κ1) is 33.2. The van der Waals surface area contributed by atoms with E-state index in [1.165, 1.54) is 11.9 Å². The summed E-state index contributed by atoms with van der Waals surface area (Å²) in [4.78, 5) is 57.8. The van der Waals surface area contributed by atoms with Gasteiger partial charge >= 0.3 is 6.09 Å². The molecule has 4 amide bonds. The number of rotatable bonds is 11. The third kappa shape index (κ3) is 9.35. The van der Waals surface area contributed by atoms with Crippen molar-refractivity contribution in [2.24, 2.45) is 11.7 Å². The summed E-state index contributed by atoms with van der Waals surface area (Å²) in [6, 6.07) is 9.97. The Morgan fingerprint density at radius 1 is 1.14 bits per heavy atom. The van der Waals surface area contributed by atoms with Gasteiger partial charge in [-0.15, -0.1) is 0 Å². The number of ether oxygens (including phenoxy) is 1. The Morgan fingerprint density at radius 3 is 2.48 bits per heavy atom. The van der Waals surface area contributed by atoms with Crippen LogP contribution in [0.3, 0.4) is 0 Å². The molecule has 0 radical (unpaired) electrons. The maximum atomic E-state index is 14.2. The Labute approximate surface area is 251 Å². The predicted molar refractivity (Wildman–Crippen MR) is 160 cm³/mol. The third-order valence-corrected chi connectivity index (χ3v) is 8.31. The first-order chi connectivity index (χ1) is 19.9. The molecule has 1 saturated carbocycles. The standard InChI is InChI=1S/C32H49N5O5/c1-23(35(5)31(41)42-32(2,3)4)29(39)34-28(25-15-10-7-11-16-25)30(40)37-19-12-17-26(37)22-36(27(38)21-33)20-18-24-13-8-6-9-14-24/h6,8,13,23,25-26,28H,7,10-12,15-22,33H2,1-5H3,(H,34,39)/t23-,26-,28-/m0/s1. The Hall–Kier alpha value is -3.32. The second-order valence-electron chi connectivity index (χ2n) is 12.6. The predicted octanol–water partition coefficient (Wildman–Crippen LogP) is 2.93. The molecule has 1 aliphatic carbocycles. The molecule has 2 aliphatic rings. The smallest absolute Gasteiger partial charge is 0.410 e. The van der Waals surface area contributed by atoms with Gasteiger partial charge in [0.15, 0.2) is 0 Å². The summed E-state index contributed by atoms with van der Waals surface area (Å²) in [6.07, 6.45) is 6.46. The minimum Gasteiger partial charge on any atom is -0.444 e. The highest BCUT2D eigenvalue weighted by Gasteiger charge is 2.40. The number of nitrogens with two attached hydrogens (primary N) is 1. The molecule has 1 aromatic carbocycles. The first-order valence-electron chi connectivity index (χ1n) is 15.3. The quantitative estimate of drug-likeness (QED) is 0.413. The van der Waals surface area contributed by atoms with Crippen molar-refractivity contribution in [3.05, 3.63) is 35.9 Å². The van der Waals surface area contributed by atoms with E-state index in [1.807, 2.05) is 17.0 Å². The van der Waals surface area contributed by atoms with Gasteiger partial charge < -0.3 is 25.6 Å². The number of carbonyl (C=O) groups is 4. The van der Waals surface area contributed by atoms with E-state index in [4.69, 9.17) is 10.5 Å². The molecule has 3 atom stereocenters. The summed E-state index contributed by atoms with van der Waals surface area (Å²) in [5, 5.41) is 3.03. The Balaban J connectivity index is 1.73. The molecule has 10 heteroatoms. The van der Waals surface area contributed by atoms with Crippen molar-refractivity contribution in [1.82, 2.24) is 20.0 Å². The minimum absolute atomic E-state index is 0.0159. The summed E-state index contributed by atoms with van der Waals surface area (Å²) in [5.74, 6) is -0.651. The molecule has 0 unspecified atom stereocenters. The van der Waals surface area contributed by atoms with Crippen molar-refractivity contribution in [3.8, 4) is 0 Å². The summed E-state index contributed by atoms with van der Waals surface area (Å²) >= 11 is 0. The lowest BCUT2D eigenvalue weighted by Gasteiger charge is -2.37. The molecule has 2 fully saturated rings. The molecule has 232 valence electrons. The lowest BCUT2D eigenvalue weighted by atomic mass is 9.83. The van der Waals surface area contributed by atoms with Crippen molar-refractivity contribution >= 4 is 23.8 Å². The zero-order chi connectivity index (χ0) is 30.9. The fourth-order valence-electron chi connectivity index (χ4n) is 5.78. The SMILES string of the molecule is C[C@@H](C(=O)N[C@H](C(=O)N1CCC[C@H]1CN(CCc1c#cccc1)C(=O)CN)C1CCCCC1)N(C)C(=O)OC(C)(C)C. The highest BCUT2D eigenvalue weighted by atomic mass is 16.6. The average molecular weight is 584 g/mol. The fourth-order valence-corrected chi connectivity index (χ4v) is 5.78. The van der Waals surface area contributed by atoms with E-state index in [2.05, 4.69) is 17.4 Å². The van der Waals surface area contributed by atoms with E-state index in [0.717, 1.165) is 50.5 Å². The maximum absolute atomic E-state index is 14.2. The van der Waals surface area contributed by atoms with Crippen LogP contribution in [0.1, 0.15) is 78.2 Å². The number of nitrogens with one attached hydrogen (secondary N) is 1. The number of hydrogen-bond acceptors (Lipinski definition) is 6. The summed E-state index contributed by atoms with van der Waals surface area (Å²) in [5.41, 5.74) is 6.01. The van der Waals surface area contributed by atoms with Crippen LogP contribution in [0.4, 0.5) is 4.79 Å². The summed E-state index contributed by atoms with van der Waals surface area (Å²) in [6.45, 7) is 8.29. The number of amides is 4. The van der Waals surface area contributed by atoms with Crippen LogP contribution in [-0.2, 0) is 25.5 Å². The van der Waals surface area contributed by atoms with Crippen LogP contribution in [-0.4, -0.2) is 95.5 Å². The van der Waals surface area contributed by atoms with Crippen LogP contribution in [0.2, 0.25) is 0 Å². The van der Waals surface area contributed by atoms with E-state index >= 15 is 0 Å². The van der Waals surface area contributed by atoms with Gasteiger partial charge in [0.25, 0.3) is 0 Å². The molecular formula is C32H49N5O5. The van der Waals surface area contributed by atoms with E-state index < -0.39 is 23.8 Å². The van der Waals surface area contributed by atoms with Crippen LogP contribution in [0.15, 0.2) is 18.2 Å². The number of likely N-dealkylation sites (tertiary alicyclic amines) is 1. The van der Waals surface area contributed by atoms with Gasteiger partial charge in [0.2, 0.25) is 17.7 Å². The van der Waals surface area contributed by atoms with Gasteiger partial charge in [0, 0.05) is 38.3 Å². The van der Waals surface area contributed by atoms with Gasteiger partial charge in [0.1, 0.15) is 17.7 Å². The molecule has 0 aromatic heterocycles. The Bertz CT molecular complexity index is 1050. The van der Waals surface area contributed by atoms with Crippen molar-refractivity contribution in [2.75, 3.05) is 33.2 Å². The normalized spacial score (nSPS) is 18.9. The zero-order valence-electron chi connectivity index (χ0n) is 26.0. The van der Waals surface area contributed by atoms with Crippen molar-refractivity contribution in [1.29, 1.82) is 0 Å². The third-order valence-electron chi connectivity index (χ3n) is 8.31. The van der Waals surface area contributed by atoms with Crippen molar-refractivity contribution < 1.29 is 23.9 Å². The number of carbonyl (C=O) groups excluding carboxylic acids is 4. The second-order valence-corrected chi connectivity index (χ2v) is 12.6. The fraction of sp³-hybridized carbons (Fsp3) is 0.688. The van der Waals surface area contributed by atoms with Crippen LogP contribution < -0.4 is 11.1 Å². The van der Waals surface area contributed by atoms with Crippen LogP contribution in [0.25, 0.3) is 0 Å². The first-order valence-corrected chi connectivity index (χ1v) is 15.3. The largest absolute Gasteiger partial charge is 0.444 e. The molecule has 0 spiro atoms. The summed E-state index contributed by atoms with van der Waals surface area (Å²) < 4.78 is 5.44. The molecule has 10 nitrogen and oxygen atoms in total. The molecule has 3 rings (SSSR count). The molecule has 42 heavy (non-hydrogen) atoms. The minimum atomic E-state index is -0.821. The zero-order valence-corrected chi connectivity index (χ0v) is 26.0. The van der Waals surface area contributed by atoms with Gasteiger partial charge in [-0.05, 0) is 77.8 Å². The van der Waals surface area contributed by atoms with Crippen LogP contribution >= 0.6 is 0 Å². The van der Waals surface area contributed by atoms with Crippen molar-refractivity contribution in [2.45, 2.75) is 103 Å². The number of likely N-dealkylation sites (N-methyl/N-ethyl adjacent to an activating group) is 1. The lowest BCUT2D eigenvalue weighted by Crippen LogP contribution is -2.58. The summed E-state index contributed by atoms with van der Waals surface area (Å²) in [7, 11) is 1.53. The lowest BCUT2D eigenvalue weighted by molar-refractivity contribution is -0.141. The Kier molecular flexibility index (Phi) is 12.0. The Morgan fingerprint density at radius 2 is 1.86 bits per heavy atom. The second kappa shape index (κ2) is 15.2. The number of hydrogen-bond donors (Lipinski definition) is 2. The van der Waals surface area contributed by atoms with Gasteiger partial charge in [-0.25, -0.2) is 4.79 Å². The van der Waals surface area contributed by atoms with E-state index in [-0.39, 0.29) is 36.2 Å². The molecule has 3 N–H and O–H groups in total. The van der Waals surface area contributed by atoms with Gasteiger partial charge in [0.05, 0.1) is 6.54 Å². The van der Waals surface area contributed by atoms with Gasteiger partial charge in [-0.3, -0.25) is 19.3 Å². The molecule has 1 aromatic rings. The van der Waals surface area contributed by atoms with Gasteiger partial charge in [-0.2, -0.15) is 0 Å². The van der Waals surface area contributed by atoms with Crippen LogP contribution in [0.5, 0.6) is 0 Å². The van der Waals surface area contributed by atoms with E-state index in [9.17, 15) is 19.2 Å². The van der Waals surface area contributed by atoms with Gasteiger partial charge in [-0.1, -0.05) is 37.5 Å².